The Kier molecular flexibility index (Phi) is 13.3. The molecule has 0 fully saturated rings. The lowest BCUT2D eigenvalue weighted by molar-refractivity contribution is 0.471. The first-order valence-electron chi connectivity index (χ1n) is 18.3. The summed E-state index contributed by atoms with van der Waals surface area (Å²) in [6.07, 6.45) is 6.83. The van der Waals surface area contributed by atoms with Gasteiger partial charge in [0.25, 0.3) is 0 Å². The number of hydrogen-bond donors (Lipinski definition) is 8. The van der Waals surface area contributed by atoms with Gasteiger partial charge in [-0.2, -0.15) is 9.97 Å². The molecule has 10 N–H and O–H groups in total. The number of phenols is 2. The zero-order valence-electron chi connectivity index (χ0n) is 33.3. The van der Waals surface area contributed by atoms with E-state index in [1.54, 1.807) is 79.9 Å². The zero-order chi connectivity index (χ0) is 44.4. The van der Waals surface area contributed by atoms with Crippen LogP contribution in [0.2, 0.25) is 0 Å². The lowest BCUT2D eigenvalue weighted by Crippen LogP contribution is -2.03. The van der Waals surface area contributed by atoms with Gasteiger partial charge in [-0.15, -0.1) is 0 Å². The molecule has 8 aromatic rings. The number of rotatable bonds is 10. The number of aromatic nitrogens is 5. The molecule has 3 aromatic heterocycles. The van der Waals surface area contributed by atoms with Gasteiger partial charge in [0.2, 0.25) is 11.9 Å². The Hall–Kier alpha value is -7.97. The molecule has 62 heavy (non-hydrogen) atoms. The second-order valence-electron chi connectivity index (χ2n) is 13.4. The molecule has 0 spiro atoms. The maximum atomic E-state index is 11.7. The van der Waals surface area contributed by atoms with E-state index in [1.165, 1.54) is 42.9 Å². The van der Waals surface area contributed by atoms with Crippen LogP contribution in [0.5, 0.6) is 11.5 Å². The molecule has 3 heterocycles. The van der Waals surface area contributed by atoms with Crippen LogP contribution in [0.4, 0.5) is 57.7 Å². The Labute approximate surface area is 356 Å². The van der Waals surface area contributed by atoms with Gasteiger partial charge >= 0.3 is 0 Å². The van der Waals surface area contributed by atoms with E-state index in [4.69, 9.17) is 21.0 Å². The molecular weight excluding hydrogens is 835 g/mol. The minimum atomic E-state index is -3.31. The van der Waals surface area contributed by atoms with E-state index in [2.05, 4.69) is 46.2 Å². The van der Waals surface area contributed by atoms with Crippen LogP contribution < -0.4 is 32.7 Å². The van der Waals surface area contributed by atoms with E-state index < -0.39 is 19.7 Å². The molecule has 0 unspecified atom stereocenters. The van der Waals surface area contributed by atoms with E-state index in [9.17, 15) is 21.9 Å². The summed E-state index contributed by atoms with van der Waals surface area (Å²) < 4.78 is 52.0. The highest BCUT2D eigenvalue weighted by Gasteiger charge is 2.11. The predicted molar refractivity (Wildman–Crippen MR) is 240 cm³/mol. The van der Waals surface area contributed by atoms with Gasteiger partial charge in [0, 0.05) is 47.5 Å². The molecule has 0 saturated carbocycles. The lowest BCUT2D eigenvalue weighted by atomic mass is 10.2. The number of fused-ring (bicyclic) bond motifs is 1. The minimum absolute atomic E-state index is 0.0278. The number of para-hydroxylation sites is 2. The monoisotopic (exact) mass is 875 g/mol. The maximum absolute atomic E-state index is 11.7. The molecule has 0 amide bonds. The highest BCUT2D eigenvalue weighted by atomic mass is 32.2. The van der Waals surface area contributed by atoms with Crippen LogP contribution in [0.1, 0.15) is 5.56 Å². The van der Waals surface area contributed by atoms with E-state index in [0.717, 1.165) is 23.8 Å². The summed E-state index contributed by atoms with van der Waals surface area (Å²) in [4.78, 5) is 21.6. The molecule has 0 atom stereocenters. The van der Waals surface area contributed by atoms with Crippen LogP contribution >= 0.6 is 0 Å². The molecule has 0 radical (unpaired) electrons. The van der Waals surface area contributed by atoms with Crippen molar-refractivity contribution in [3.05, 3.63) is 140 Å². The molecule has 0 bridgehead atoms. The van der Waals surface area contributed by atoms with Crippen molar-refractivity contribution in [2.24, 2.45) is 0 Å². The Morgan fingerprint density at radius 3 is 1.63 bits per heavy atom. The van der Waals surface area contributed by atoms with Crippen LogP contribution in [0, 0.1) is 6.92 Å². The number of phenolic OH excluding ortho intramolecular Hbond substituents is 2. The number of sulfone groups is 2. The normalized spacial score (nSPS) is 11.0. The number of anilines is 10. The van der Waals surface area contributed by atoms with Gasteiger partial charge in [-0.3, -0.25) is 0 Å². The third-order valence-electron chi connectivity index (χ3n) is 8.66. The average Bonchev–Trinajstić information content (AvgIpc) is 3.73. The highest BCUT2D eigenvalue weighted by Crippen LogP contribution is 2.30. The third kappa shape index (κ3) is 11.6. The Balaban J connectivity index is 0.000000173. The summed E-state index contributed by atoms with van der Waals surface area (Å²) in [6, 6.07) is 31.7. The Bertz CT molecular complexity index is 3060. The summed E-state index contributed by atoms with van der Waals surface area (Å²) in [6.45, 7) is 1.78. The van der Waals surface area contributed by atoms with Gasteiger partial charge in [0.1, 0.15) is 28.7 Å². The number of nitrogens with zero attached hydrogens (tertiary/aromatic N) is 5. The van der Waals surface area contributed by atoms with Crippen molar-refractivity contribution in [2.75, 3.05) is 45.2 Å². The number of nitrogens with two attached hydrogens (primary N) is 2. The zero-order valence-corrected chi connectivity index (χ0v) is 35.0. The summed E-state index contributed by atoms with van der Waals surface area (Å²) in [5, 5.41) is 30.8. The van der Waals surface area contributed by atoms with Crippen LogP contribution in [-0.2, 0) is 19.7 Å². The van der Waals surface area contributed by atoms with Crippen molar-refractivity contribution in [1.82, 2.24) is 24.9 Å². The van der Waals surface area contributed by atoms with Gasteiger partial charge in [-0.1, -0.05) is 30.3 Å². The average molecular weight is 876 g/mol. The fourth-order valence-electron chi connectivity index (χ4n) is 5.41. The topological polar surface area (TPSA) is 286 Å². The first-order chi connectivity index (χ1) is 29.5. The smallest absolute Gasteiger partial charge is 0.229 e. The standard InChI is InChI=1S/C18H15N5O3S.C17H17N5O3S.C7H9NO/c1-27(24,25)13-5-2-4-12(10-13)21-18-19-9-8-16(23-18)22-14-6-3-7-15-17(14)20-11-26-15;1-26(24,25)12-5-2-4-11(10-12)20-17-19-9-8-15(22-17)21-13-6-3-7-14(23)16(13)18;1-5-6(8)3-2-4-7(5)9/h2-11H,1H3,(H2,19,21,22,23);2-10,23H,18H2,1H3,(H2,19,20,21,22);2-4,9H,8H2,1H3. The molecule has 318 valence electrons. The molecule has 0 aliphatic rings. The molecule has 0 aliphatic heterocycles. The van der Waals surface area contributed by atoms with Gasteiger partial charge in [0.05, 0.1) is 26.9 Å². The third-order valence-corrected chi connectivity index (χ3v) is 10.9. The number of oxazole rings is 1. The van der Waals surface area contributed by atoms with Crippen molar-refractivity contribution in [1.29, 1.82) is 0 Å². The van der Waals surface area contributed by atoms with Crippen molar-refractivity contribution >= 4 is 88.4 Å². The van der Waals surface area contributed by atoms with E-state index in [0.29, 0.717) is 51.4 Å². The Morgan fingerprint density at radius 2 is 1.08 bits per heavy atom. The second-order valence-corrected chi connectivity index (χ2v) is 17.4. The molecule has 18 nitrogen and oxygen atoms in total. The van der Waals surface area contributed by atoms with E-state index in [1.807, 2.05) is 18.2 Å². The number of aromatic hydroxyl groups is 2. The van der Waals surface area contributed by atoms with Crippen molar-refractivity contribution in [2.45, 2.75) is 16.7 Å². The first kappa shape index (κ1) is 43.6. The first-order valence-corrected chi connectivity index (χ1v) is 22.1. The fourth-order valence-corrected chi connectivity index (χ4v) is 6.74. The second kappa shape index (κ2) is 19.0. The molecule has 0 aliphatic carbocycles. The number of hydrogen-bond acceptors (Lipinski definition) is 18. The minimum Gasteiger partial charge on any atom is -0.508 e. The number of nitrogens with one attached hydrogen (secondary N) is 4. The van der Waals surface area contributed by atoms with Crippen LogP contribution in [0.3, 0.4) is 0 Å². The van der Waals surface area contributed by atoms with Gasteiger partial charge in [-0.25, -0.2) is 31.8 Å². The van der Waals surface area contributed by atoms with Crippen molar-refractivity contribution < 1.29 is 31.5 Å². The highest BCUT2D eigenvalue weighted by molar-refractivity contribution is 7.91. The van der Waals surface area contributed by atoms with Crippen molar-refractivity contribution in [3.8, 4) is 11.5 Å². The molecular formula is C42H41N11O7S2. The largest absolute Gasteiger partial charge is 0.508 e. The predicted octanol–water partition coefficient (Wildman–Crippen LogP) is 7.45. The fraction of sp³-hybridized carbons (Fsp3) is 0.0714. The van der Waals surface area contributed by atoms with Crippen LogP contribution in [-0.4, -0.2) is 64.5 Å². The molecule has 5 aromatic carbocycles. The van der Waals surface area contributed by atoms with Gasteiger partial charge in [0.15, 0.2) is 31.7 Å². The lowest BCUT2D eigenvalue weighted by Gasteiger charge is -2.11. The summed E-state index contributed by atoms with van der Waals surface area (Å²) in [5.41, 5.74) is 16.6. The number of benzene rings is 5. The van der Waals surface area contributed by atoms with E-state index in [-0.39, 0.29) is 32.9 Å². The van der Waals surface area contributed by atoms with Gasteiger partial charge in [-0.05, 0) is 91.9 Å². The van der Waals surface area contributed by atoms with Crippen LogP contribution in [0.15, 0.2) is 148 Å². The van der Waals surface area contributed by atoms with E-state index >= 15 is 0 Å². The summed E-state index contributed by atoms with van der Waals surface area (Å²) in [5.74, 6) is 1.86. The summed E-state index contributed by atoms with van der Waals surface area (Å²) in [7, 11) is -6.60. The van der Waals surface area contributed by atoms with Gasteiger partial charge < -0.3 is 47.4 Å². The quantitative estimate of drug-likeness (QED) is 0.0489. The number of nitrogen functional groups attached to an aromatic ring is 2. The van der Waals surface area contributed by atoms with Crippen LogP contribution in [0.25, 0.3) is 11.1 Å². The van der Waals surface area contributed by atoms with Crippen molar-refractivity contribution in [3.63, 3.8) is 0 Å². The molecule has 0 saturated heterocycles. The summed E-state index contributed by atoms with van der Waals surface area (Å²) >= 11 is 0. The molecule has 20 heteroatoms. The SMILES string of the molecule is CS(=O)(=O)c1cccc(Nc2nccc(Nc3cccc(O)c3N)n2)c1.CS(=O)(=O)c1cccc(Nc2nccc(Nc3cccc4ocnc34)n2)c1.Cc1c(N)cccc1O. The Morgan fingerprint density at radius 1 is 0.581 bits per heavy atom. The maximum Gasteiger partial charge on any atom is 0.229 e. The molecule has 8 rings (SSSR count).